The van der Waals surface area contributed by atoms with Crippen LogP contribution in [0.15, 0.2) is 60.7 Å². The molecule has 0 unspecified atom stereocenters. The van der Waals surface area contributed by atoms with Crippen molar-refractivity contribution in [2.24, 2.45) is 0 Å². The maximum atomic E-state index is 12.9. The Labute approximate surface area is 204 Å². The number of carbonyl (C=O) groups is 1. The van der Waals surface area contributed by atoms with Gasteiger partial charge in [0.05, 0.1) is 10.6 Å². The fraction of sp³-hybridized carbons (Fsp3) is 0.259. The Balaban J connectivity index is 0.000000219. The molecule has 0 saturated carbocycles. The first kappa shape index (κ1) is 25.4. The van der Waals surface area contributed by atoms with Crippen LogP contribution in [-0.2, 0) is 6.42 Å². The van der Waals surface area contributed by atoms with Crippen molar-refractivity contribution in [2.75, 3.05) is 13.1 Å². The van der Waals surface area contributed by atoms with Crippen LogP contribution in [0.5, 0.6) is 5.75 Å². The van der Waals surface area contributed by atoms with E-state index in [1.54, 1.807) is 12.1 Å². The van der Waals surface area contributed by atoms with Gasteiger partial charge in [-0.15, -0.1) is 0 Å². The Morgan fingerprint density at radius 3 is 2.24 bits per heavy atom. The first-order valence-electron chi connectivity index (χ1n) is 11.2. The van der Waals surface area contributed by atoms with Gasteiger partial charge in [-0.25, -0.2) is 9.37 Å². The number of aromatic hydroxyl groups is 1. The number of carbonyl (C=O) groups excluding carboxylic acids is 1. The third-order valence-electron chi connectivity index (χ3n) is 5.30. The molecule has 5 nitrogen and oxygen atoms in total. The molecule has 34 heavy (non-hydrogen) atoms. The van der Waals surface area contributed by atoms with Gasteiger partial charge in [0.15, 0.2) is 11.5 Å². The molecule has 0 aliphatic carbocycles. The number of imidazole rings is 1. The number of benzene rings is 3. The number of rotatable bonds is 3. The summed E-state index contributed by atoms with van der Waals surface area (Å²) in [7, 11) is 0. The van der Waals surface area contributed by atoms with Crippen molar-refractivity contribution < 1.29 is 14.3 Å². The van der Waals surface area contributed by atoms with Crippen molar-refractivity contribution in [1.29, 1.82) is 0 Å². The number of aryl methyl sites for hydroxylation is 1. The summed E-state index contributed by atoms with van der Waals surface area (Å²) in [4.78, 5) is 18.8. The number of H-pyrrole nitrogens is 1. The molecule has 1 fully saturated rings. The molecular weight excluding hydrogens is 453 g/mol. The van der Waals surface area contributed by atoms with Gasteiger partial charge in [0, 0.05) is 6.42 Å². The highest BCUT2D eigenvalue weighted by molar-refractivity contribution is 6.35. The van der Waals surface area contributed by atoms with Crippen molar-refractivity contribution >= 4 is 28.4 Å². The summed E-state index contributed by atoms with van der Waals surface area (Å²) < 4.78 is 12.9. The van der Waals surface area contributed by atoms with E-state index in [0.29, 0.717) is 28.3 Å². The lowest BCUT2D eigenvalue weighted by Crippen LogP contribution is -2.03. The van der Waals surface area contributed by atoms with Gasteiger partial charge in [0.2, 0.25) is 0 Å². The smallest absolute Gasteiger partial charge is 0.163 e. The quantitative estimate of drug-likeness (QED) is 0.303. The van der Waals surface area contributed by atoms with Crippen LogP contribution in [0.25, 0.3) is 11.0 Å². The zero-order valence-corrected chi connectivity index (χ0v) is 20.1. The maximum Gasteiger partial charge on any atom is 0.163 e. The molecule has 3 aromatic carbocycles. The van der Waals surface area contributed by atoms with Crippen LogP contribution in [0.4, 0.5) is 4.39 Å². The number of aromatic nitrogens is 2. The molecule has 0 atom stereocenters. The maximum absolute atomic E-state index is 12.9. The van der Waals surface area contributed by atoms with E-state index in [9.17, 15) is 14.3 Å². The summed E-state index contributed by atoms with van der Waals surface area (Å²) in [6, 6.07) is 17.7. The van der Waals surface area contributed by atoms with Crippen LogP contribution in [0, 0.1) is 12.7 Å². The number of aromatic amines is 1. The van der Waals surface area contributed by atoms with E-state index in [0.717, 1.165) is 5.56 Å². The van der Waals surface area contributed by atoms with Crippen LogP contribution in [0.2, 0.25) is 5.02 Å². The molecule has 1 saturated heterocycles. The minimum absolute atomic E-state index is 0.148. The SMILES string of the molecule is C1CCNC1.CC(=O)c1cc(Cl)c2nc(Cc3ccc(F)cc3)[nH]c2c1O.Cc1ccccc1. The summed E-state index contributed by atoms with van der Waals surface area (Å²) in [6.45, 7) is 5.94. The van der Waals surface area contributed by atoms with Crippen LogP contribution >= 0.6 is 11.6 Å². The predicted molar refractivity (Wildman–Crippen MR) is 135 cm³/mol. The summed E-state index contributed by atoms with van der Waals surface area (Å²) in [6.07, 6.45) is 3.21. The molecule has 0 radical (unpaired) electrons. The molecule has 1 aliphatic heterocycles. The Morgan fingerprint density at radius 2 is 1.74 bits per heavy atom. The topological polar surface area (TPSA) is 78.0 Å². The normalized spacial score (nSPS) is 12.5. The highest BCUT2D eigenvalue weighted by Gasteiger charge is 2.17. The third-order valence-corrected chi connectivity index (χ3v) is 5.59. The average Bonchev–Trinajstić information content (AvgIpc) is 3.53. The standard InChI is InChI=1S/C16H12ClFN2O2.C7H8.C4H9N/c1-8(21)11-7-12(17)14-15(16(11)22)20-13(19-14)6-9-2-4-10(18)5-3-9;1-7-5-3-2-4-6-7;1-2-4-5-3-1/h2-5,7,22H,6H2,1H3,(H,19,20);2-6H,1H3;5H,1-4H2. The van der Waals surface area contributed by atoms with E-state index in [1.807, 2.05) is 18.2 Å². The molecule has 0 amide bonds. The van der Waals surface area contributed by atoms with E-state index >= 15 is 0 Å². The molecule has 1 aliphatic rings. The monoisotopic (exact) mass is 481 g/mol. The van der Waals surface area contributed by atoms with E-state index in [2.05, 4.69) is 34.3 Å². The first-order valence-corrected chi connectivity index (χ1v) is 11.6. The van der Waals surface area contributed by atoms with Crippen LogP contribution in [0.1, 0.15) is 47.1 Å². The number of ketones is 1. The number of phenolic OH excluding ortho intramolecular Hbond substituents is 1. The zero-order valence-electron chi connectivity index (χ0n) is 19.4. The van der Waals surface area contributed by atoms with E-state index < -0.39 is 0 Å². The van der Waals surface area contributed by atoms with Crippen molar-refractivity contribution in [1.82, 2.24) is 15.3 Å². The van der Waals surface area contributed by atoms with Crippen LogP contribution < -0.4 is 5.32 Å². The zero-order chi connectivity index (χ0) is 24.5. The lowest BCUT2D eigenvalue weighted by atomic mass is 10.1. The molecule has 7 heteroatoms. The molecule has 5 rings (SSSR count). The number of hydrogen-bond acceptors (Lipinski definition) is 4. The highest BCUT2D eigenvalue weighted by atomic mass is 35.5. The van der Waals surface area contributed by atoms with Crippen LogP contribution in [0.3, 0.4) is 0 Å². The second-order valence-electron chi connectivity index (χ2n) is 8.13. The van der Waals surface area contributed by atoms with E-state index in [1.165, 1.54) is 56.6 Å². The number of hydrogen-bond donors (Lipinski definition) is 3. The Morgan fingerprint density at radius 1 is 1.09 bits per heavy atom. The van der Waals surface area contributed by atoms with Crippen molar-refractivity contribution in [2.45, 2.75) is 33.1 Å². The van der Waals surface area contributed by atoms with Gasteiger partial charge in [-0.1, -0.05) is 59.6 Å². The summed E-state index contributed by atoms with van der Waals surface area (Å²) >= 11 is 6.12. The molecule has 1 aromatic heterocycles. The molecule has 2 heterocycles. The van der Waals surface area contributed by atoms with E-state index in [-0.39, 0.29) is 22.9 Å². The van der Waals surface area contributed by atoms with Gasteiger partial charge < -0.3 is 15.4 Å². The summed E-state index contributed by atoms with van der Waals surface area (Å²) in [5, 5.41) is 13.7. The van der Waals surface area contributed by atoms with Gasteiger partial charge in [-0.2, -0.15) is 0 Å². The van der Waals surface area contributed by atoms with E-state index in [4.69, 9.17) is 11.6 Å². The lowest BCUT2D eigenvalue weighted by Gasteiger charge is -2.02. The minimum atomic E-state index is -0.305. The second kappa shape index (κ2) is 12.3. The van der Waals surface area contributed by atoms with Gasteiger partial charge >= 0.3 is 0 Å². The Bertz CT molecular complexity index is 1210. The van der Waals surface area contributed by atoms with Gasteiger partial charge in [0.1, 0.15) is 22.7 Å². The fourth-order valence-corrected chi connectivity index (χ4v) is 3.72. The molecule has 0 spiro atoms. The molecule has 4 aromatic rings. The summed E-state index contributed by atoms with van der Waals surface area (Å²) in [5.74, 6) is -0.180. The Hall–Kier alpha value is -3.22. The highest BCUT2D eigenvalue weighted by Crippen LogP contribution is 2.33. The molecule has 178 valence electrons. The van der Waals surface area contributed by atoms with Gasteiger partial charge in [0.25, 0.3) is 0 Å². The van der Waals surface area contributed by atoms with Crippen LogP contribution in [-0.4, -0.2) is 33.9 Å². The van der Waals surface area contributed by atoms with Crippen molar-refractivity contribution in [3.63, 3.8) is 0 Å². The number of phenols is 1. The predicted octanol–water partition coefficient (Wildman–Crippen LogP) is 6.22. The molecule has 3 N–H and O–H groups in total. The number of nitrogens with zero attached hydrogens (tertiary/aromatic N) is 1. The molecule has 0 bridgehead atoms. The summed E-state index contributed by atoms with van der Waals surface area (Å²) in [5.41, 5.74) is 3.07. The Kier molecular flexibility index (Phi) is 9.19. The largest absolute Gasteiger partial charge is 0.505 e. The third kappa shape index (κ3) is 7.14. The number of Topliss-reactive ketones (excluding diaryl/α,β-unsaturated/α-hetero) is 1. The molecular formula is C27H29ClFN3O2. The number of fused-ring (bicyclic) bond motifs is 1. The number of nitrogens with one attached hydrogen (secondary N) is 2. The fourth-order valence-electron chi connectivity index (χ4n) is 3.47. The average molecular weight is 482 g/mol. The number of halogens is 2. The first-order chi connectivity index (χ1) is 16.3. The van der Waals surface area contributed by atoms with Crippen molar-refractivity contribution in [3.05, 3.63) is 94.0 Å². The second-order valence-corrected chi connectivity index (χ2v) is 8.54. The van der Waals surface area contributed by atoms with Gasteiger partial charge in [-0.3, -0.25) is 4.79 Å². The lowest BCUT2D eigenvalue weighted by molar-refractivity contribution is 0.101. The van der Waals surface area contributed by atoms with Gasteiger partial charge in [-0.05, 0) is 63.5 Å². The minimum Gasteiger partial charge on any atom is -0.505 e. The van der Waals surface area contributed by atoms with Crippen molar-refractivity contribution in [3.8, 4) is 5.75 Å².